The van der Waals surface area contributed by atoms with Crippen LogP contribution in [0.3, 0.4) is 0 Å². The van der Waals surface area contributed by atoms with Crippen LogP contribution < -0.4 is 9.47 Å². The Labute approximate surface area is 221 Å². The molecule has 0 aliphatic carbocycles. The van der Waals surface area contributed by atoms with Crippen LogP contribution in [0.4, 0.5) is 0 Å². The number of amides is 2. The smallest absolute Gasteiger partial charge is 0.255 e. The van der Waals surface area contributed by atoms with Crippen LogP contribution in [0.15, 0.2) is 53.9 Å². The highest BCUT2D eigenvalue weighted by Gasteiger charge is 2.26. The number of carbonyl (C=O) groups is 2. The van der Waals surface area contributed by atoms with Gasteiger partial charge in [-0.3, -0.25) is 9.59 Å². The zero-order valence-electron chi connectivity index (χ0n) is 20.8. The van der Waals surface area contributed by atoms with E-state index < -0.39 is 0 Å². The molecule has 1 aliphatic rings. The van der Waals surface area contributed by atoms with Crippen molar-refractivity contribution in [2.24, 2.45) is 5.92 Å². The van der Waals surface area contributed by atoms with Crippen LogP contribution in [-0.4, -0.2) is 41.5 Å². The van der Waals surface area contributed by atoms with E-state index in [1.54, 1.807) is 45.4 Å². The van der Waals surface area contributed by atoms with Crippen LogP contribution in [0.25, 0.3) is 0 Å². The first-order chi connectivity index (χ1) is 17.4. The van der Waals surface area contributed by atoms with Crippen molar-refractivity contribution < 1.29 is 19.1 Å². The normalized spacial score (nSPS) is 12.9. The van der Waals surface area contributed by atoms with Crippen LogP contribution in [0.1, 0.15) is 46.6 Å². The molecule has 0 radical (unpaired) electrons. The molecule has 1 atom stereocenters. The van der Waals surface area contributed by atoms with Gasteiger partial charge in [-0.05, 0) is 59.7 Å². The number of ether oxygens (including phenoxy) is 2. The van der Waals surface area contributed by atoms with Gasteiger partial charge in [-0.1, -0.05) is 50.1 Å². The first-order valence-electron chi connectivity index (χ1n) is 12.1. The minimum Gasteiger partial charge on any atom is -0.454 e. The van der Waals surface area contributed by atoms with Crippen LogP contribution in [-0.2, 0) is 17.9 Å². The molecule has 8 heteroatoms. The monoisotopic (exact) mass is 526 g/mol. The molecule has 0 fully saturated rings. The number of benzene rings is 2. The summed E-state index contributed by atoms with van der Waals surface area (Å²) in [6, 6.07) is 14.8. The Morgan fingerprint density at radius 3 is 2.56 bits per heavy atom. The number of fused-ring (bicyclic) bond motifs is 1. The van der Waals surface area contributed by atoms with E-state index in [2.05, 4.69) is 19.9 Å². The Kier molecular flexibility index (Phi) is 8.54. The second kappa shape index (κ2) is 11.8. The number of hydrogen-bond donors (Lipinski definition) is 0. The molecule has 0 unspecified atom stereocenters. The molecule has 2 heterocycles. The van der Waals surface area contributed by atoms with E-state index in [0.717, 1.165) is 22.4 Å². The van der Waals surface area contributed by atoms with E-state index in [-0.39, 0.29) is 31.1 Å². The predicted octanol–water partition coefficient (Wildman–Crippen LogP) is 6.16. The van der Waals surface area contributed by atoms with E-state index in [1.165, 1.54) is 0 Å². The maximum absolute atomic E-state index is 13.8. The number of thiophene rings is 1. The third kappa shape index (κ3) is 6.20. The lowest BCUT2D eigenvalue weighted by Gasteiger charge is -2.29. The lowest BCUT2D eigenvalue weighted by Crippen LogP contribution is -2.44. The van der Waals surface area contributed by atoms with Crippen LogP contribution in [0.2, 0.25) is 5.02 Å². The van der Waals surface area contributed by atoms with Gasteiger partial charge >= 0.3 is 0 Å². The fourth-order valence-corrected chi connectivity index (χ4v) is 5.16. The number of aryl methyl sites for hydroxylation is 1. The quantitative estimate of drug-likeness (QED) is 0.317. The molecule has 1 aromatic heterocycles. The lowest BCUT2D eigenvalue weighted by atomic mass is 10.1. The average Bonchev–Trinajstić information content (AvgIpc) is 3.51. The second-order valence-electron chi connectivity index (χ2n) is 9.14. The van der Waals surface area contributed by atoms with Gasteiger partial charge in [0.25, 0.3) is 5.91 Å². The van der Waals surface area contributed by atoms with Gasteiger partial charge in [-0.25, -0.2) is 0 Å². The number of nitrogens with zero attached hydrogens (tertiary/aromatic N) is 2. The molecular weight excluding hydrogens is 496 g/mol. The van der Waals surface area contributed by atoms with E-state index in [1.807, 2.05) is 30.5 Å². The maximum atomic E-state index is 13.8. The van der Waals surface area contributed by atoms with Gasteiger partial charge < -0.3 is 19.3 Å². The topological polar surface area (TPSA) is 59.1 Å². The summed E-state index contributed by atoms with van der Waals surface area (Å²) in [6.45, 7) is 7.72. The molecular formula is C28H31ClN2O4S. The molecule has 0 bridgehead atoms. The van der Waals surface area contributed by atoms with Crippen molar-refractivity contribution in [1.29, 1.82) is 0 Å². The lowest BCUT2D eigenvalue weighted by molar-refractivity contribution is -0.133. The third-order valence-corrected chi connectivity index (χ3v) is 7.75. The Bertz CT molecular complexity index is 1230. The molecule has 0 N–H and O–H groups in total. The van der Waals surface area contributed by atoms with Gasteiger partial charge in [-0.2, -0.15) is 0 Å². The van der Waals surface area contributed by atoms with E-state index >= 15 is 0 Å². The zero-order chi connectivity index (χ0) is 25.7. The Morgan fingerprint density at radius 1 is 1.06 bits per heavy atom. The number of rotatable bonds is 10. The minimum absolute atomic E-state index is 0.0244. The predicted molar refractivity (Wildman–Crippen MR) is 143 cm³/mol. The van der Waals surface area contributed by atoms with E-state index in [9.17, 15) is 9.59 Å². The number of hydrogen-bond acceptors (Lipinski definition) is 5. The molecule has 0 saturated heterocycles. The van der Waals surface area contributed by atoms with Crippen molar-refractivity contribution in [2.45, 2.75) is 40.3 Å². The largest absolute Gasteiger partial charge is 0.454 e. The standard InChI is InChI=1S/C28H31ClN2O4S/c1-4-19(2)14-31(28(33)22-7-5-6-8-23(22)29)17-27(32)30(16-26-20(3)11-12-36-26)15-21-9-10-24-25(13-21)35-18-34-24/h5-13,19H,4,14-18H2,1-3H3/t19-/m1/s1. The number of halogens is 1. The van der Waals surface area contributed by atoms with Gasteiger partial charge in [0.05, 0.1) is 17.1 Å². The Balaban J connectivity index is 1.59. The maximum Gasteiger partial charge on any atom is 0.255 e. The summed E-state index contributed by atoms with van der Waals surface area (Å²) >= 11 is 7.96. The average molecular weight is 527 g/mol. The third-order valence-electron chi connectivity index (χ3n) is 6.41. The highest BCUT2D eigenvalue weighted by molar-refractivity contribution is 7.10. The molecule has 0 saturated carbocycles. The highest BCUT2D eigenvalue weighted by Crippen LogP contribution is 2.33. The summed E-state index contributed by atoms with van der Waals surface area (Å²) in [4.78, 5) is 31.8. The molecule has 36 heavy (non-hydrogen) atoms. The molecule has 6 nitrogen and oxygen atoms in total. The van der Waals surface area contributed by atoms with Crippen molar-refractivity contribution in [2.75, 3.05) is 19.9 Å². The molecule has 4 rings (SSSR count). The first kappa shape index (κ1) is 26.0. The van der Waals surface area contributed by atoms with Crippen molar-refractivity contribution in [3.8, 4) is 11.5 Å². The van der Waals surface area contributed by atoms with Crippen molar-refractivity contribution in [3.63, 3.8) is 0 Å². The molecule has 3 aromatic rings. The summed E-state index contributed by atoms with van der Waals surface area (Å²) < 4.78 is 11.0. The zero-order valence-corrected chi connectivity index (χ0v) is 22.4. The van der Waals surface area contributed by atoms with E-state index in [0.29, 0.717) is 41.7 Å². The van der Waals surface area contributed by atoms with Crippen LogP contribution in [0.5, 0.6) is 11.5 Å². The molecule has 1 aliphatic heterocycles. The summed E-state index contributed by atoms with van der Waals surface area (Å²) in [5, 5.41) is 2.42. The molecule has 2 aromatic carbocycles. The van der Waals surface area contributed by atoms with Gasteiger partial charge in [0.15, 0.2) is 11.5 Å². The summed E-state index contributed by atoms with van der Waals surface area (Å²) in [5.74, 6) is 1.27. The Hall–Kier alpha value is -3.03. The van der Waals surface area contributed by atoms with Crippen LogP contribution >= 0.6 is 22.9 Å². The van der Waals surface area contributed by atoms with Crippen LogP contribution in [0, 0.1) is 12.8 Å². The van der Waals surface area contributed by atoms with E-state index in [4.69, 9.17) is 21.1 Å². The first-order valence-corrected chi connectivity index (χ1v) is 13.3. The van der Waals surface area contributed by atoms with Gasteiger partial charge in [0.1, 0.15) is 6.54 Å². The molecule has 0 spiro atoms. The van der Waals surface area contributed by atoms with Gasteiger partial charge in [0.2, 0.25) is 12.7 Å². The van der Waals surface area contributed by atoms with Gasteiger partial charge in [0, 0.05) is 18.0 Å². The summed E-state index contributed by atoms with van der Waals surface area (Å²) in [5.41, 5.74) is 2.49. The minimum atomic E-state index is -0.232. The fourth-order valence-electron chi connectivity index (χ4n) is 4.02. The van der Waals surface area contributed by atoms with Gasteiger partial charge in [-0.15, -0.1) is 11.3 Å². The SMILES string of the molecule is CC[C@@H](C)CN(CC(=O)N(Cc1ccc2c(c1)OCO2)Cc1sccc1C)C(=O)c1ccccc1Cl. The fraction of sp³-hybridized carbons (Fsp3) is 0.357. The second-order valence-corrected chi connectivity index (χ2v) is 10.6. The van der Waals surface area contributed by atoms with Crippen molar-refractivity contribution in [1.82, 2.24) is 9.80 Å². The molecule has 2 amide bonds. The Morgan fingerprint density at radius 2 is 1.83 bits per heavy atom. The number of carbonyl (C=O) groups excluding carboxylic acids is 2. The summed E-state index contributed by atoms with van der Waals surface area (Å²) in [7, 11) is 0. The van der Waals surface area contributed by atoms with Crippen molar-refractivity contribution >= 4 is 34.8 Å². The summed E-state index contributed by atoms with van der Waals surface area (Å²) in [6.07, 6.45) is 0.899. The highest BCUT2D eigenvalue weighted by atomic mass is 35.5. The van der Waals surface area contributed by atoms with Crippen molar-refractivity contribution in [3.05, 3.63) is 80.5 Å². The molecule has 190 valence electrons.